The minimum Gasteiger partial charge on any atom is -0.496 e. The van der Waals surface area contributed by atoms with Gasteiger partial charge in [0.15, 0.2) is 0 Å². The van der Waals surface area contributed by atoms with Gasteiger partial charge in [0.2, 0.25) is 5.91 Å². The summed E-state index contributed by atoms with van der Waals surface area (Å²) in [4.78, 5) is 18.0. The lowest BCUT2D eigenvalue weighted by molar-refractivity contribution is -0.146. The second-order valence-electron chi connectivity index (χ2n) is 10.8. The number of nitrogens with zero attached hydrogens (tertiary/aromatic N) is 4. The normalized spacial score (nSPS) is 28.9. The van der Waals surface area contributed by atoms with Crippen LogP contribution >= 0.6 is 12.4 Å². The van der Waals surface area contributed by atoms with Crippen LogP contribution < -0.4 is 10.1 Å². The minimum absolute atomic E-state index is 0. The molecular formula is C27H35ClF3N5O2. The van der Waals surface area contributed by atoms with Crippen molar-refractivity contribution < 1.29 is 26.8 Å². The number of likely N-dealkylation sites (tertiary alicyclic amines) is 1. The Balaban J connectivity index is 0.00000337. The van der Waals surface area contributed by atoms with Crippen molar-refractivity contribution in [1.29, 1.82) is 0 Å². The number of alkyl halides is 3. The molecule has 3 saturated heterocycles. The van der Waals surface area contributed by atoms with Gasteiger partial charge in [0.1, 0.15) is 18.0 Å². The molecule has 1 saturated carbocycles. The number of hydrogen-bond acceptors (Lipinski definition) is 5. The lowest BCUT2D eigenvalue weighted by atomic mass is 9.92. The van der Waals surface area contributed by atoms with Crippen molar-refractivity contribution >= 4 is 18.3 Å². The molecule has 2 bridgehead atoms. The summed E-state index contributed by atoms with van der Waals surface area (Å²) >= 11 is 0. The summed E-state index contributed by atoms with van der Waals surface area (Å²) in [6.45, 7) is 3.35. The van der Waals surface area contributed by atoms with E-state index in [1.165, 1.54) is 0 Å². The summed E-state index contributed by atoms with van der Waals surface area (Å²) in [5.74, 6) is -0.208. The number of amides is 1. The summed E-state index contributed by atoms with van der Waals surface area (Å²) in [5.41, 5.74) is 0.853. The number of halogens is 4. The molecule has 1 aromatic carbocycles. The van der Waals surface area contributed by atoms with E-state index in [1.54, 1.807) is 24.0 Å². The predicted molar refractivity (Wildman–Crippen MR) is 139 cm³/mol. The molecule has 7 nitrogen and oxygen atoms in total. The molecule has 4 heterocycles. The van der Waals surface area contributed by atoms with Crippen molar-refractivity contribution in [2.45, 2.75) is 81.8 Å². The third kappa shape index (κ3) is 4.79. The zero-order valence-electron chi connectivity index (χ0n) is 24.2. The molecule has 2 unspecified atom stereocenters. The maximum absolute atomic E-state index is 13.9. The van der Waals surface area contributed by atoms with E-state index >= 15 is 0 Å². The number of methoxy groups -OCH3 is 1. The SMILES string of the molecule is Cl.[2H]C([2H])([2H])Oc1cccc([C@@H]2[C@H](N3C4CCC3CNC4)CCN2C(=O)Cn2nc(C3CC3)cc2C(F)(F)F)c1C. The van der Waals surface area contributed by atoms with E-state index in [0.29, 0.717) is 36.3 Å². The predicted octanol–water partition coefficient (Wildman–Crippen LogP) is 4.30. The lowest BCUT2D eigenvalue weighted by Gasteiger charge is -2.43. The van der Waals surface area contributed by atoms with E-state index in [-0.39, 0.29) is 30.1 Å². The van der Waals surface area contributed by atoms with Crippen LogP contribution in [0.15, 0.2) is 24.3 Å². The Kier molecular flexibility index (Phi) is 6.42. The molecule has 4 atom stereocenters. The number of carbonyl (C=O) groups is 1. The molecule has 2 aromatic rings. The monoisotopic (exact) mass is 556 g/mol. The van der Waals surface area contributed by atoms with Crippen LogP contribution in [0.3, 0.4) is 0 Å². The molecule has 0 spiro atoms. The Bertz CT molecular complexity index is 1270. The van der Waals surface area contributed by atoms with Gasteiger partial charge in [-0.05, 0) is 62.3 Å². The van der Waals surface area contributed by atoms with E-state index in [0.717, 1.165) is 55.1 Å². The highest BCUT2D eigenvalue weighted by Crippen LogP contribution is 2.44. The van der Waals surface area contributed by atoms with Crippen LogP contribution in [-0.2, 0) is 17.5 Å². The molecule has 3 aliphatic heterocycles. The number of carbonyl (C=O) groups excluding carboxylic acids is 1. The van der Waals surface area contributed by atoms with E-state index in [1.807, 2.05) is 6.07 Å². The molecule has 0 radical (unpaired) electrons. The average molecular weight is 557 g/mol. The number of piperazine rings is 1. The first-order chi connectivity index (χ1) is 18.9. The molecule has 1 amide bonds. The molecule has 1 N–H and O–H groups in total. The van der Waals surface area contributed by atoms with Crippen LogP contribution in [0.2, 0.25) is 0 Å². The van der Waals surface area contributed by atoms with Crippen LogP contribution in [0.25, 0.3) is 0 Å². The number of rotatable bonds is 6. The smallest absolute Gasteiger partial charge is 0.433 e. The molecule has 1 aliphatic carbocycles. The van der Waals surface area contributed by atoms with E-state index < -0.39 is 37.4 Å². The molecular weight excluding hydrogens is 519 g/mol. The van der Waals surface area contributed by atoms with Crippen molar-refractivity contribution in [2.75, 3.05) is 26.7 Å². The fraction of sp³-hybridized carbons (Fsp3) is 0.630. The molecule has 11 heteroatoms. The summed E-state index contributed by atoms with van der Waals surface area (Å²) in [6, 6.07) is 6.37. The Hall–Kier alpha value is -2.30. The minimum atomic E-state index is -4.62. The number of ether oxygens (including phenoxy) is 1. The first-order valence-corrected chi connectivity index (χ1v) is 13.1. The molecule has 4 aliphatic rings. The zero-order valence-corrected chi connectivity index (χ0v) is 22.0. The van der Waals surface area contributed by atoms with Gasteiger partial charge in [-0.25, -0.2) is 0 Å². The third-order valence-electron chi connectivity index (χ3n) is 8.63. The van der Waals surface area contributed by atoms with Crippen LogP contribution in [-0.4, -0.2) is 70.3 Å². The number of hydrogen-bond donors (Lipinski definition) is 1. The summed E-state index contributed by atoms with van der Waals surface area (Å²) in [7, 11) is -2.64. The lowest BCUT2D eigenvalue weighted by Crippen LogP contribution is -2.57. The Labute approximate surface area is 231 Å². The topological polar surface area (TPSA) is 62.6 Å². The summed E-state index contributed by atoms with van der Waals surface area (Å²) in [5, 5.41) is 7.69. The van der Waals surface area contributed by atoms with Crippen LogP contribution in [0.4, 0.5) is 13.2 Å². The van der Waals surface area contributed by atoms with Crippen molar-refractivity contribution in [3.8, 4) is 5.75 Å². The second-order valence-corrected chi connectivity index (χ2v) is 10.8. The van der Waals surface area contributed by atoms with Gasteiger partial charge in [-0.2, -0.15) is 18.3 Å². The molecule has 4 fully saturated rings. The number of nitrogens with one attached hydrogen (secondary N) is 1. The van der Waals surface area contributed by atoms with Gasteiger partial charge in [-0.3, -0.25) is 14.4 Å². The average Bonchev–Trinajstić information content (AvgIpc) is 3.40. The fourth-order valence-corrected chi connectivity index (χ4v) is 6.74. The highest BCUT2D eigenvalue weighted by molar-refractivity contribution is 5.85. The van der Waals surface area contributed by atoms with E-state index in [4.69, 9.17) is 8.85 Å². The van der Waals surface area contributed by atoms with Gasteiger partial charge < -0.3 is 15.0 Å². The summed E-state index contributed by atoms with van der Waals surface area (Å²) < 4.78 is 70.5. The number of aromatic nitrogens is 2. The summed E-state index contributed by atoms with van der Waals surface area (Å²) in [6.07, 6.45) is -0.251. The van der Waals surface area contributed by atoms with Gasteiger partial charge >= 0.3 is 6.18 Å². The van der Waals surface area contributed by atoms with Gasteiger partial charge in [-0.1, -0.05) is 12.1 Å². The largest absolute Gasteiger partial charge is 0.496 e. The number of benzene rings is 1. The van der Waals surface area contributed by atoms with Crippen LogP contribution in [0, 0.1) is 6.92 Å². The van der Waals surface area contributed by atoms with Gasteiger partial charge in [0, 0.05) is 43.7 Å². The first kappa shape index (κ1) is 23.6. The highest BCUT2D eigenvalue weighted by atomic mass is 35.5. The first-order valence-electron chi connectivity index (χ1n) is 14.6. The third-order valence-corrected chi connectivity index (χ3v) is 8.63. The molecule has 6 rings (SSSR count). The Morgan fingerprint density at radius 3 is 2.58 bits per heavy atom. The quantitative estimate of drug-likeness (QED) is 0.575. The standard InChI is InChI=1S/C27H34F3N5O2.ClH/c1-16-20(4-3-5-23(16)37-2)26-22(35-18-8-9-19(35)14-31-13-18)10-11-33(26)25(36)15-34-24(27(28,29)30)12-21(32-34)17-6-7-17;/h3-5,12,17-19,22,26,31H,6-11,13-15H2,1-2H3;1H/t18?,19?,22-,26-;/m1./s1/i2D3;. The van der Waals surface area contributed by atoms with Crippen molar-refractivity contribution in [1.82, 2.24) is 24.9 Å². The van der Waals surface area contributed by atoms with Crippen LogP contribution in [0.1, 0.15) is 70.7 Å². The molecule has 208 valence electrons. The van der Waals surface area contributed by atoms with Gasteiger partial charge in [0.05, 0.1) is 22.9 Å². The van der Waals surface area contributed by atoms with Gasteiger partial charge in [-0.15, -0.1) is 12.4 Å². The second kappa shape index (κ2) is 10.4. The van der Waals surface area contributed by atoms with Gasteiger partial charge in [0.25, 0.3) is 0 Å². The fourth-order valence-electron chi connectivity index (χ4n) is 6.74. The molecule has 1 aromatic heterocycles. The Morgan fingerprint density at radius 1 is 1.18 bits per heavy atom. The van der Waals surface area contributed by atoms with Crippen molar-refractivity contribution in [2.24, 2.45) is 0 Å². The number of fused-ring (bicyclic) bond motifs is 2. The van der Waals surface area contributed by atoms with Crippen LogP contribution in [0.5, 0.6) is 5.75 Å². The van der Waals surface area contributed by atoms with Crippen molar-refractivity contribution in [3.63, 3.8) is 0 Å². The van der Waals surface area contributed by atoms with E-state index in [2.05, 4.69) is 15.3 Å². The highest BCUT2D eigenvalue weighted by Gasteiger charge is 2.49. The Morgan fingerprint density at radius 2 is 1.92 bits per heavy atom. The van der Waals surface area contributed by atoms with E-state index in [9.17, 15) is 18.0 Å². The maximum Gasteiger partial charge on any atom is 0.433 e. The molecule has 38 heavy (non-hydrogen) atoms. The maximum atomic E-state index is 13.9. The zero-order chi connectivity index (χ0) is 28.4. The van der Waals surface area contributed by atoms with Crippen molar-refractivity contribution in [3.05, 3.63) is 46.8 Å².